The molecule has 0 radical (unpaired) electrons. The van der Waals surface area contributed by atoms with Crippen molar-refractivity contribution in [2.75, 3.05) is 19.4 Å². The van der Waals surface area contributed by atoms with Crippen molar-refractivity contribution >= 4 is 50.9 Å². The predicted octanol–water partition coefficient (Wildman–Crippen LogP) is 2.98. The van der Waals surface area contributed by atoms with Crippen molar-refractivity contribution in [3.05, 3.63) is 57.3 Å². The van der Waals surface area contributed by atoms with Crippen molar-refractivity contribution in [3.63, 3.8) is 0 Å². The molecule has 1 aromatic carbocycles. The number of ether oxygens (including phenoxy) is 1. The molecule has 3 aromatic heterocycles. The summed E-state index contributed by atoms with van der Waals surface area (Å²) >= 11 is 2.25. The molecule has 1 aliphatic heterocycles. The van der Waals surface area contributed by atoms with E-state index < -0.39 is 0 Å². The number of nitrogens with two attached hydrogens (primary N) is 1. The molecule has 5 rings (SSSR count). The van der Waals surface area contributed by atoms with E-state index in [1.807, 2.05) is 29.5 Å². The maximum absolute atomic E-state index is 13.2. The van der Waals surface area contributed by atoms with E-state index >= 15 is 0 Å². The minimum Gasteiger partial charge on any atom is -0.491 e. The molecule has 0 fully saturated rings. The summed E-state index contributed by atoms with van der Waals surface area (Å²) in [6, 6.07) is 7.59. The summed E-state index contributed by atoms with van der Waals surface area (Å²) in [5.41, 5.74) is 9.43. The Kier molecular flexibility index (Phi) is 4.09. The predicted molar refractivity (Wildman–Crippen MR) is 117 cm³/mol. The molecular formula is C20H17IN6O2. The minimum atomic E-state index is -0.186. The average Bonchev–Trinajstić information content (AvgIpc) is 3.30. The second-order valence-corrected chi connectivity index (χ2v) is 8.25. The van der Waals surface area contributed by atoms with Gasteiger partial charge in [-0.2, -0.15) is 0 Å². The summed E-state index contributed by atoms with van der Waals surface area (Å²) in [6.07, 6.45) is 3.26. The zero-order valence-electron chi connectivity index (χ0n) is 15.8. The lowest BCUT2D eigenvalue weighted by atomic mass is 10.1. The number of hydrogen-bond donors (Lipinski definition) is 1. The number of likely N-dealkylation sites (N-methyl/N-ethyl adjacent to an activating group) is 1. The number of anilines is 1. The Labute approximate surface area is 179 Å². The SMILES string of the molecule is Cc1ncc2c(N)nc3cnc(C(=O)N(C)[C@@H]4COc5cc(I)ccc54)cc3n12. The molecule has 0 spiro atoms. The first-order valence-corrected chi connectivity index (χ1v) is 10.1. The first kappa shape index (κ1) is 18.1. The second-order valence-electron chi connectivity index (χ2n) is 7.01. The number of hydrogen-bond acceptors (Lipinski definition) is 6. The molecule has 0 bridgehead atoms. The Morgan fingerprint density at radius 3 is 2.93 bits per heavy atom. The smallest absolute Gasteiger partial charge is 0.272 e. The number of amides is 1. The Bertz CT molecular complexity index is 1300. The first-order valence-electron chi connectivity index (χ1n) is 9.02. The molecule has 0 saturated heterocycles. The number of fused-ring (bicyclic) bond motifs is 4. The van der Waals surface area contributed by atoms with Crippen molar-refractivity contribution in [1.82, 2.24) is 24.3 Å². The van der Waals surface area contributed by atoms with Gasteiger partial charge in [-0.05, 0) is 47.7 Å². The summed E-state index contributed by atoms with van der Waals surface area (Å²) in [5, 5.41) is 0. The number of nitrogen functional groups attached to an aromatic ring is 1. The Morgan fingerprint density at radius 1 is 1.28 bits per heavy atom. The highest BCUT2D eigenvalue weighted by Gasteiger charge is 2.31. The average molecular weight is 500 g/mol. The summed E-state index contributed by atoms with van der Waals surface area (Å²) < 4.78 is 8.78. The van der Waals surface area contributed by atoms with Crippen LogP contribution in [0.1, 0.15) is 27.9 Å². The van der Waals surface area contributed by atoms with Crippen LogP contribution < -0.4 is 10.5 Å². The van der Waals surface area contributed by atoms with Gasteiger partial charge in [0.25, 0.3) is 5.91 Å². The lowest BCUT2D eigenvalue weighted by Crippen LogP contribution is -2.32. The van der Waals surface area contributed by atoms with Gasteiger partial charge in [0.05, 0.1) is 24.0 Å². The zero-order chi connectivity index (χ0) is 20.3. The molecule has 0 unspecified atom stereocenters. The third-order valence-corrected chi connectivity index (χ3v) is 5.95. The Morgan fingerprint density at radius 2 is 2.10 bits per heavy atom. The maximum atomic E-state index is 13.2. The maximum Gasteiger partial charge on any atom is 0.272 e. The number of nitrogens with zero attached hydrogens (tertiary/aromatic N) is 5. The molecule has 4 heterocycles. The monoisotopic (exact) mass is 500 g/mol. The summed E-state index contributed by atoms with van der Waals surface area (Å²) in [5.74, 6) is 1.79. The number of halogens is 1. The van der Waals surface area contributed by atoms with E-state index in [-0.39, 0.29) is 11.9 Å². The molecule has 2 N–H and O–H groups in total. The Hall–Kier alpha value is -2.95. The molecule has 1 aliphatic rings. The van der Waals surface area contributed by atoms with Crippen LogP contribution in [0.5, 0.6) is 5.75 Å². The van der Waals surface area contributed by atoms with Crippen LogP contribution in [0.4, 0.5) is 5.82 Å². The topological polar surface area (TPSA) is 98.6 Å². The number of carbonyl (C=O) groups excluding carboxylic acids is 1. The van der Waals surface area contributed by atoms with Crippen LogP contribution in [0.15, 0.2) is 36.7 Å². The molecule has 146 valence electrons. The van der Waals surface area contributed by atoms with E-state index in [1.54, 1.807) is 30.4 Å². The van der Waals surface area contributed by atoms with Crippen LogP contribution in [0.25, 0.3) is 16.6 Å². The van der Waals surface area contributed by atoms with Crippen molar-refractivity contribution in [2.24, 2.45) is 0 Å². The van der Waals surface area contributed by atoms with Gasteiger partial charge >= 0.3 is 0 Å². The fourth-order valence-corrected chi connectivity index (χ4v) is 4.21. The van der Waals surface area contributed by atoms with Crippen molar-refractivity contribution < 1.29 is 9.53 Å². The van der Waals surface area contributed by atoms with Gasteiger partial charge in [0, 0.05) is 16.2 Å². The van der Waals surface area contributed by atoms with Crippen molar-refractivity contribution in [2.45, 2.75) is 13.0 Å². The largest absolute Gasteiger partial charge is 0.491 e. The zero-order valence-corrected chi connectivity index (χ0v) is 17.9. The highest BCUT2D eigenvalue weighted by molar-refractivity contribution is 14.1. The lowest BCUT2D eigenvalue weighted by Gasteiger charge is -2.23. The fraction of sp³-hybridized carbons (Fsp3) is 0.200. The summed E-state index contributed by atoms with van der Waals surface area (Å²) in [6.45, 7) is 2.31. The van der Waals surface area contributed by atoms with Crippen molar-refractivity contribution in [3.8, 4) is 5.75 Å². The number of pyridine rings is 1. The van der Waals surface area contributed by atoms with E-state index in [1.165, 1.54) is 0 Å². The lowest BCUT2D eigenvalue weighted by molar-refractivity contribution is 0.0703. The van der Waals surface area contributed by atoms with Gasteiger partial charge in [-0.25, -0.2) is 15.0 Å². The van der Waals surface area contributed by atoms with E-state index in [0.717, 1.165) is 26.2 Å². The molecule has 0 aliphatic carbocycles. The molecule has 0 saturated carbocycles. The van der Waals surface area contributed by atoms with E-state index in [9.17, 15) is 4.79 Å². The quantitative estimate of drug-likeness (QED) is 0.425. The van der Waals surface area contributed by atoms with Crippen LogP contribution in [-0.2, 0) is 0 Å². The molecule has 29 heavy (non-hydrogen) atoms. The third-order valence-electron chi connectivity index (χ3n) is 5.28. The molecule has 8 nitrogen and oxygen atoms in total. The van der Waals surface area contributed by atoms with Gasteiger partial charge in [-0.1, -0.05) is 6.07 Å². The van der Waals surface area contributed by atoms with E-state index in [2.05, 4.69) is 37.5 Å². The molecular weight excluding hydrogens is 483 g/mol. The number of carbonyl (C=O) groups is 1. The summed E-state index contributed by atoms with van der Waals surface area (Å²) in [4.78, 5) is 27.9. The van der Waals surface area contributed by atoms with E-state index in [0.29, 0.717) is 29.2 Å². The van der Waals surface area contributed by atoms with Gasteiger partial charge < -0.3 is 15.4 Å². The third kappa shape index (κ3) is 2.79. The normalized spacial score (nSPS) is 15.5. The molecule has 1 atom stereocenters. The number of rotatable bonds is 2. The number of benzene rings is 1. The molecule has 9 heteroatoms. The highest BCUT2D eigenvalue weighted by Crippen LogP contribution is 2.37. The van der Waals surface area contributed by atoms with Crippen LogP contribution in [0, 0.1) is 10.5 Å². The number of aromatic nitrogens is 4. The van der Waals surface area contributed by atoms with Crippen LogP contribution in [-0.4, -0.2) is 43.8 Å². The highest BCUT2D eigenvalue weighted by atomic mass is 127. The van der Waals surface area contributed by atoms with Gasteiger partial charge in [0.1, 0.15) is 40.7 Å². The molecule has 1 amide bonds. The fourth-order valence-electron chi connectivity index (χ4n) is 3.75. The summed E-state index contributed by atoms with van der Waals surface area (Å²) in [7, 11) is 1.77. The van der Waals surface area contributed by atoms with E-state index in [4.69, 9.17) is 10.5 Å². The van der Waals surface area contributed by atoms with Gasteiger partial charge in [0.2, 0.25) is 0 Å². The van der Waals surface area contributed by atoms with Crippen molar-refractivity contribution in [1.29, 1.82) is 0 Å². The molecule has 4 aromatic rings. The van der Waals surface area contributed by atoms with Gasteiger partial charge in [-0.3, -0.25) is 9.20 Å². The van der Waals surface area contributed by atoms with Crippen LogP contribution in [0.2, 0.25) is 0 Å². The first-order chi connectivity index (χ1) is 13.9. The van der Waals surface area contributed by atoms with Gasteiger partial charge in [-0.15, -0.1) is 0 Å². The second kappa shape index (κ2) is 6.55. The van der Waals surface area contributed by atoms with Crippen LogP contribution >= 0.6 is 22.6 Å². The Balaban J connectivity index is 1.56. The minimum absolute atomic E-state index is 0.161. The van der Waals surface area contributed by atoms with Gasteiger partial charge in [0.15, 0.2) is 0 Å². The standard InChI is InChI=1S/C20H17IN6O2/c1-10-23-8-16-19(22)25-14-7-24-13(6-15(14)27(10)16)20(28)26(2)17-9-29-18-5-11(21)3-4-12(17)18/h3-8,17H,9H2,1-2H3,(H2,22,25)/t17-/m1/s1. The number of imidazole rings is 1. The van der Waals surface area contributed by atoms with Crippen LogP contribution in [0.3, 0.4) is 0 Å². The number of aryl methyl sites for hydroxylation is 1.